The zero-order valence-electron chi connectivity index (χ0n) is 13.5. The van der Waals surface area contributed by atoms with Gasteiger partial charge in [0, 0.05) is 12.1 Å². The number of sulfone groups is 1. The molecule has 1 aromatic carbocycles. The quantitative estimate of drug-likeness (QED) is 0.818. The average Bonchev–Trinajstić information content (AvgIpc) is 2.55. The van der Waals surface area contributed by atoms with Crippen molar-refractivity contribution in [3.8, 4) is 0 Å². The van der Waals surface area contributed by atoms with E-state index < -0.39 is 20.5 Å². The monoisotopic (exact) mass is 360 g/mol. The van der Waals surface area contributed by atoms with Crippen molar-refractivity contribution in [1.82, 2.24) is 5.32 Å². The number of carbonyl (C=O) groups excluding carboxylic acids is 1. The highest BCUT2D eigenvalue weighted by Crippen LogP contribution is 2.25. The van der Waals surface area contributed by atoms with Crippen LogP contribution in [-0.2, 0) is 14.6 Å². The van der Waals surface area contributed by atoms with Gasteiger partial charge in [0.2, 0.25) is 15.7 Å². The van der Waals surface area contributed by atoms with Crippen LogP contribution in [0.25, 0.3) is 0 Å². The minimum atomic E-state index is -4.67. The topological polar surface area (TPSA) is 75.3 Å². The number of hydrogen-bond donors (Lipinski definition) is 2. The van der Waals surface area contributed by atoms with E-state index in [0.29, 0.717) is 12.3 Å². The lowest BCUT2D eigenvalue weighted by Gasteiger charge is -2.27. The Hall–Kier alpha value is -1.54. The fourth-order valence-corrected chi connectivity index (χ4v) is 3.70. The predicted molar refractivity (Wildman–Crippen MR) is 87.6 cm³/mol. The summed E-state index contributed by atoms with van der Waals surface area (Å²) < 4.78 is 48.2. The number of amides is 1. The first-order chi connectivity index (χ1) is 11.3. The molecule has 2 N–H and O–H groups in total. The maximum atomic E-state index is 12.6. The number of halogens is 2. The van der Waals surface area contributed by atoms with Gasteiger partial charge in [0.1, 0.15) is 0 Å². The molecule has 8 heteroatoms. The summed E-state index contributed by atoms with van der Waals surface area (Å²) in [6.07, 6.45) is 2.36. The van der Waals surface area contributed by atoms with E-state index in [0.717, 1.165) is 38.1 Å². The van der Waals surface area contributed by atoms with E-state index >= 15 is 0 Å². The van der Waals surface area contributed by atoms with Crippen LogP contribution >= 0.6 is 0 Å². The third-order valence-electron chi connectivity index (χ3n) is 4.38. The molecule has 24 heavy (non-hydrogen) atoms. The molecule has 1 heterocycles. The maximum Gasteiger partial charge on any atom is 0.341 e. The second kappa shape index (κ2) is 8.02. The first-order valence-corrected chi connectivity index (χ1v) is 9.48. The van der Waals surface area contributed by atoms with Gasteiger partial charge >= 0.3 is 5.76 Å². The standard InChI is InChI=1S/C16H22F2N2O3S/c1-11(12-5-7-19-8-6-12)9-15(21)20-13-3-2-4-14(10-13)24(22,23)16(17)18/h2-4,10-12,16,19H,5-9H2,1H3,(H,20,21). The summed E-state index contributed by atoms with van der Waals surface area (Å²) in [4.78, 5) is 11.6. The summed E-state index contributed by atoms with van der Waals surface area (Å²) in [5, 5.41) is 5.87. The smallest absolute Gasteiger partial charge is 0.326 e. The number of alkyl halides is 2. The summed E-state index contributed by atoms with van der Waals surface area (Å²) in [6, 6.07) is 4.97. The van der Waals surface area contributed by atoms with Gasteiger partial charge in [0.05, 0.1) is 4.90 Å². The molecule has 5 nitrogen and oxygen atoms in total. The molecule has 1 amide bonds. The van der Waals surface area contributed by atoms with E-state index in [2.05, 4.69) is 10.6 Å². The van der Waals surface area contributed by atoms with Crippen LogP contribution in [-0.4, -0.2) is 33.2 Å². The van der Waals surface area contributed by atoms with Crippen LogP contribution in [0.5, 0.6) is 0 Å². The Balaban J connectivity index is 1.99. The van der Waals surface area contributed by atoms with Crippen molar-refractivity contribution >= 4 is 21.4 Å². The van der Waals surface area contributed by atoms with E-state index in [1.165, 1.54) is 12.1 Å². The fraction of sp³-hybridized carbons (Fsp3) is 0.562. The third-order valence-corrected chi connectivity index (χ3v) is 5.76. The second-order valence-electron chi connectivity index (χ2n) is 6.15. The van der Waals surface area contributed by atoms with Gasteiger partial charge in [-0.1, -0.05) is 13.0 Å². The van der Waals surface area contributed by atoms with Crippen molar-refractivity contribution in [2.45, 2.75) is 36.8 Å². The third kappa shape index (κ3) is 4.73. The molecule has 1 aliphatic heterocycles. The Morgan fingerprint density at radius 2 is 2.00 bits per heavy atom. The molecule has 0 radical (unpaired) electrons. The van der Waals surface area contributed by atoms with E-state index in [4.69, 9.17) is 0 Å². The summed E-state index contributed by atoms with van der Waals surface area (Å²) in [6.45, 7) is 3.92. The molecule has 0 bridgehead atoms. The van der Waals surface area contributed by atoms with Gasteiger partial charge in [-0.15, -0.1) is 0 Å². The molecule has 1 saturated heterocycles. The van der Waals surface area contributed by atoms with Crippen molar-refractivity contribution in [3.05, 3.63) is 24.3 Å². The molecule has 1 aromatic rings. The van der Waals surface area contributed by atoms with Crippen LogP contribution in [0.15, 0.2) is 29.2 Å². The summed E-state index contributed by atoms with van der Waals surface area (Å²) in [7, 11) is -4.67. The largest absolute Gasteiger partial charge is 0.341 e. The molecule has 2 rings (SSSR count). The second-order valence-corrected chi connectivity index (χ2v) is 8.07. The highest BCUT2D eigenvalue weighted by atomic mass is 32.2. The number of piperidine rings is 1. The average molecular weight is 360 g/mol. The van der Waals surface area contributed by atoms with Gasteiger partial charge in [-0.2, -0.15) is 8.78 Å². The molecule has 0 saturated carbocycles. The van der Waals surface area contributed by atoms with Crippen molar-refractivity contribution in [2.24, 2.45) is 11.8 Å². The number of carbonyl (C=O) groups is 1. The lowest BCUT2D eigenvalue weighted by Crippen LogP contribution is -2.32. The number of anilines is 1. The van der Waals surface area contributed by atoms with Crippen molar-refractivity contribution in [1.29, 1.82) is 0 Å². The number of nitrogens with one attached hydrogen (secondary N) is 2. The lowest BCUT2D eigenvalue weighted by molar-refractivity contribution is -0.117. The molecule has 0 aromatic heterocycles. The molecule has 1 fully saturated rings. The minimum absolute atomic E-state index is 0.208. The van der Waals surface area contributed by atoms with Gasteiger partial charge in [-0.05, 0) is 56.0 Å². The Kier molecular flexibility index (Phi) is 6.28. The molecule has 0 aliphatic carbocycles. The van der Waals surface area contributed by atoms with Crippen molar-refractivity contribution < 1.29 is 22.0 Å². The van der Waals surface area contributed by atoms with E-state index in [-0.39, 0.29) is 17.5 Å². The normalized spacial score (nSPS) is 17.7. The molecular formula is C16H22F2N2O3S. The van der Waals surface area contributed by atoms with Gasteiger partial charge in [-0.25, -0.2) is 8.42 Å². The van der Waals surface area contributed by atoms with Gasteiger partial charge in [-0.3, -0.25) is 4.79 Å². The summed E-state index contributed by atoms with van der Waals surface area (Å²) in [5.74, 6) is -3.04. The SMILES string of the molecule is CC(CC(=O)Nc1cccc(S(=O)(=O)C(F)F)c1)C1CCNCC1. The number of benzene rings is 1. The van der Waals surface area contributed by atoms with Crippen LogP contribution in [0, 0.1) is 11.8 Å². The Morgan fingerprint density at radius 3 is 2.62 bits per heavy atom. The highest BCUT2D eigenvalue weighted by Gasteiger charge is 2.27. The van der Waals surface area contributed by atoms with E-state index in [1.807, 2.05) is 6.92 Å². The highest BCUT2D eigenvalue weighted by molar-refractivity contribution is 7.91. The van der Waals surface area contributed by atoms with E-state index in [1.54, 1.807) is 0 Å². The first-order valence-electron chi connectivity index (χ1n) is 7.93. The zero-order valence-corrected chi connectivity index (χ0v) is 14.3. The molecule has 1 aliphatic rings. The van der Waals surface area contributed by atoms with Crippen LogP contribution in [0.1, 0.15) is 26.2 Å². The van der Waals surface area contributed by atoms with Gasteiger partial charge in [0.15, 0.2) is 0 Å². The fourth-order valence-electron chi connectivity index (χ4n) is 2.94. The van der Waals surface area contributed by atoms with Gasteiger partial charge < -0.3 is 10.6 Å². The Bertz CT molecular complexity index is 674. The summed E-state index contributed by atoms with van der Waals surface area (Å²) in [5.41, 5.74) is 0.208. The molecule has 134 valence electrons. The van der Waals surface area contributed by atoms with Crippen LogP contribution < -0.4 is 10.6 Å². The zero-order chi connectivity index (χ0) is 17.7. The maximum absolute atomic E-state index is 12.6. The summed E-state index contributed by atoms with van der Waals surface area (Å²) >= 11 is 0. The van der Waals surface area contributed by atoms with Crippen LogP contribution in [0.2, 0.25) is 0 Å². The number of rotatable bonds is 6. The Labute approximate surface area is 140 Å². The van der Waals surface area contributed by atoms with Crippen LogP contribution in [0.4, 0.5) is 14.5 Å². The molecular weight excluding hydrogens is 338 g/mol. The number of hydrogen-bond acceptors (Lipinski definition) is 4. The van der Waals surface area contributed by atoms with E-state index in [9.17, 15) is 22.0 Å². The van der Waals surface area contributed by atoms with Crippen molar-refractivity contribution in [2.75, 3.05) is 18.4 Å². The van der Waals surface area contributed by atoms with Crippen LogP contribution in [0.3, 0.4) is 0 Å². The minimum Gasteiger partial charge on any atom is -0.326 e. The van der Waals surface area contributed by atoms with Crippen molar-refractivity contribution in [3.63, 3.8) is 0 Å². The molecule has 1 unspecified atom stereocenters. The molecule has 0 spiro atoms. The predicted octanol–water partition coefficient (Wildman–Crippen LogP) is 2.65. The Morgan fingerprint density at radius 1 is 1.33 bits per heavy atom. The molecule has 1 atom stereocenters. The van der Waals surface area contributed by atoms with Gasteiger partial charge in [0.25, 0.3) is 0 Å². The first kappa shape index (κ1) is 18.8. The lowest BCUT2D eigenvalue weighted by atomic mass is 9.84.